The van der Waals surface area contributed by atoms with Crippen molar-refractivity contribution < 1.29 is 23.4 Å². The van der Waals surface area contributed by atoms with Gasteiger partial charge in [0.1, 0.15) is 5.82 Å². The van der Waals surface area contributed by atoms with Crippen LogP contribution in [0.15, 0.2) is 36.4 Å². The Morgan fingerprint density at radius 3 is 2.20 bits per heavy atom. The molecule has 1 fully saturated rings. The summed E-state index contributed by atoms with van der Waals surface area (Å²) in [6.45, 7) is 4.76. The van der Waals surface area contributed by atoms with E-state index in [-0.39, 0.29) is 11.7 Å². The number of carbonyl (C=O) groups excluding carboxylic acids is 1. The lowest BCUT2D eigenvalue weighted by molar-refractivity contribution is 0.0944. The lowest BCUT2D eigenvalue weighted by Gasteiger charge is -2.36. The second-order valence-electron chi connectivity index (χ2n) is 6.94. The van der Waals surface area contributed by atoms with Crippen LogP contribution in [-0.2, 0) is 0 Å². The fourth-order valence-corrected chi connectivity index (χ4v) is 3.58. The van der Waals surface area contributed by atoms with Gasteiger partial charge in [0, 0.05) is 45.0 Å². The van der Waals surface area contributed by atoms with Crippen LogP contribution in [0.4, 0.5) is 10.1 Å². The summed E-state index contributed by atoms with van der Waals surface area (Å²) in [5, 5.41) is 2.95. The smallest absolute Gasteiger partial charge is 0.255 e. The van der Waals surface area contributed by atoms with Crippen LogP contribution in [0.2, 0.25) is 0 Å². The van der Waals surface area contributed by atoms with Gasteiger partial charge in [-0.25, -0.2) is 4.39 Å². The molecule has 162 valence electrons. The highest BCUT2D eigenvalue weighted by Gasteiger charge is 2.21. The van der Waals surface area contributed by atoms with Gasteiger partial charge >= 0.3 is 0 Å². The highest BCUT2D eigenvalue weighted by Crippen LogP contribution is 2.39. The average molecular weight is 417 g/mol. The normalized spacial score (nSPS) is 14.3. The maximum atomic E-state index is 13.1. The van der Waals surface area contributed by atoms with Crippen LogP contribution >= 0.6 is 0 Å². The molecule has 2 aromatic rings. The number of methoxy groups -OCH3 is 3. The molecule has 1 aliphatic heterocycles. The summed E-state index contributed by atoms with van der Waals surface area (Å²) in [6, 6.07) is 9.94. The van der Waals surface area contributed by atoms with E-state index >= 15 is 0 Å². The zero-order valence-electron chi connectivity index (χ0n) is 17.6. The van der Waals surface area contributed by atoms with Crippen LogP contribution in [0.25, 0.3) is 0 Å². The van der Waals surface area contributed by atoms with Crippen LogP contribution in [-0.4, -0.2) is 71.4 Å². The quantitative estimate of drug-likeness (QED) is 0.712. The summed E-state index contributed by atoms with van der Waals surface area (Å²) in [5.74, 6) is 0.800. The maximum absolute atomic E-state index is 13.1. The fourth-order valence-electron chi connectivity index (χ4n) is 3.58. The van der Waals surface area contributed by atoms with Crippen LogP contribution < -0.4 is 24.4 Å². The van der Waals surface area contributed by atoms with Crippen molar-refractivity contribution in [3.63, 3.8) is 0 Å². The number of amides is 1. The Balaban J connectivity index is 1.50. The molecule has 0 spiro atoms. The molecular weight excluding hydrogens is 389 g/mol. The van der Waals surface area contributed by atoms with Crippen molar-refractivity contribution >= 4 is 11.6 Å². The summed E-state index contributed by atoms with van der Waals surface area (Å²) in [5.41, 5.74) is 1.43. The predicted molar refractivity (Wildman–Crippen MR) is 113 cm³/mol. The molecule has 0 atom stereocenters. The van der Waals surface area contributed by atoms with E-state index in [1.807, 2.05) is 12.1 Å². The Labute approximate surface area is 176 Å². The first-order valence-electron chi connectivity index (χ1n) is 9.87. The van der Waals surface area contributed by atoms with E-state index in [9.17, 15) is 9.18 Å². The first-order valence-corrected chi connectivity index (χ1v) is 9.87. The molecule has 2 aromatic carbocycles. The minimum atomic E-state index is -0.224. The third-order valence-corrected chi connectivity index (χ3v) is 5.23. The van der Waals surface area contributed by atoms with Gasteiger partial charge in [-0.05, 0) is 36.4 Å². The van der Waals surface area contributed by atoms with E-state index in [2.05, 4.69) is 15.1 Å². The van der Waals surface area contributed by atoms with E-state index in [1.165, 1.54) is 33.5 Å². The first-order chi connectivity index (χ1) is 14.6. The Hall–Kier alpha value is -3.00. The SMILES string of the molecule is COc1ccc(C(=O)NCCN2CCN(c3ccc(F)cc3)CC2)c(OC)c1OC. The molecule has 0 aromatic heterocycles. The van der Waals surface area contributed by atoms with E-state index in [1.54, 1.807) is 12.1 Å². The summed E-state index contributed by atoms with van der Waals surface area (Å²) < 4.78 is 29.1. The number of anilines is 1. The Morgan fingerprint density at radius 1 is 0.933 bits per heavy atom. The largest absolute Gasteiger partial charge is 0.493 e. The van der Waals surface area contributed by atoms with Gasteiger partial charge < -0.3 is 24.4 Å². The number of nitrogens with zero attached hydrogens (tertiary/aromatic N) is 2. The molecule has 0 bridgehead atoms. The minimum absolute atomic E-state index is 0.223. The first kappa shape index (κ1) is 21.7. The second-order valence-corrected chi connectivity index (χ2v) is 6.94. The summed E-state index contributed by atoms with van der Waals surface area (Å²) in [7, 11) is 4.54. The van der Waals surface area contributed by atoms with E-state index < -0.39 is 0 Å². The van der Waals surface area contributed by atoms with Gasteiger partial charge in [-0.2, -0.15) is 0 Å². The van der Waals surface area contributed by atoms with Crippen molar-refractivity contribution in [2.45, 2.75) is 0 Å². The van der Waals surface area contributed by atoms with Crippen molar-refractivity contribution in [2.24, 2.45) is 0 Å². The molecular formula is C22H28FN3O4. The molecule has 1 amide bonds. The molecule has 1 N–H and O–H groups in total. The zero-order valence-corrected chi connectivity index (χ0v) is 17.6. The van der Waals surface area contributed by atoms with Crippen LogP contribution in [0.1, 0.15) is 10.4 Å². The van der Waals surface area contributed by atoms with E-state index in [0.717, 1.165) is 38.4 Å². The van der Waals surface area contributed by atoms with Crippen molar-refractivity contribution in [1.29, 1.82) is 0 Å². The monoisotopic (exact) mass is 417 g/mol. The van der Waals surface area contributed by atoms with Gasteiger partial charge in [0.25, 0.3) is 5.91 Å². The number of rotatable bonds is 8. The van der Waals surface area contributed by atoms with Gasteiger partial charge in [0.2, 0.25) is 5.75 Å². The highest BCUT2D eigenvalue weighted by atomic mass is 19.1. The molecule has 0 aliphatic carbocycles. The van der Waals surface area contributed by atoms with Gasteiger partial charge in [-0.15, -0.1) is 0 Å². The van der Waals surface area contributed by atoms with Crippen molar-refractivity contribution in [2.75, 3.05) is 65.5 Å². The Bertz CT molecular complexity index is 852. The number of nitrogens with one attached hydrogen (secondary N) is 1. The topological polar surface area (TPSA) is 63.3 Å². The van der Waals surface area contributed by atoms with Crippen LogP contribution in [0, 0.1) is 5.82 Å². The molecule has 7 nitrogen and oxygen atoms in total. The predicted octanol–water partition coefficient (Wildman–Crippen LogP) is 2.40. The zero-order chi connectivity index (χ0) is 21.5. The highest BCUT2D eigenvalue weighted by molar-refractivity contribution is 5.98. The molecule has 1 aliphatic rings. The summed E-state index contributed by atoms with van der Waals surface area (Å²) in [6.07, 6.45) is 0. The van der Waals surface area contributed by atoms with E-state index in [0.29, 0.717) is 29.4 Å². The Morgan fingerprint density at radius 2 is 1.60 bits per heavy atom. The van der Waals surface area contributed by atoms with E-state index in [4.69, 9.17) is 14.2 Å². The fraction of sp³-hybridized carbons (Fsp3) is 0.409. The minimum Gasteiger partial charge on any atom is -0.493 e. The number of hydrogen-bond acceptors (Lipinski definition) is 6. The average Bonchev–Trinajstić information content (AvgIpc) is 2.78. The van der Waals surface area contributed by atoms with Crippen LogP contribution in [0.3, 0.4) is 0 Å². The molecule has 0 unspecified atom stereocenters. The van der Waals surface area contributed by atoms with Gasteiger partial charge in [-0.1, -0.05) is 0 Å². The number of carbonyl (C=O) groups is 1. The molecule has 1 heterocycles. The van der Waals surface area contributed by atoms with Crippen LogP contribution in [0.5, 0.6) is 17.2 Å². The second kappa shape index (κ2) is 10.2. The summed E-state index contributed by atoms with van der Waals surface area (Å²) >= 11 is 0. The molecule has 0 radical (unpaired) electrons. The van der Waals surface area contributed by atoms with Gasteiger partial charge in [-0.3, -0.25) is 9.69 Å². The maximum Gasteiger partial charge on any atom is 0.255 e. The number of piperazine rings is 1. The standard InChI is InChI=1S/C22H28FN3O4/c1-28-19-9-8-18(20(29-2)21(19)30-3)22(27)24-10-11-25-12-14-26(15-13-25)17-6-4-16(23)5-7-17/h4-9H,10-15H2,1-3H3,(H,24,27). The molecule has 0 saturated carbocycles. The third-order valence-electron chi connectivity index (χ3n) is 5.23. The van der Waals surface area contributed by atoms with Crippen molar-refractivity contribution in [1.82, 2.24) is 10.2 Å². The lowest BCUT2D eigenvalue weighted by atomic mass is 10.1. The number of benzene rings is 2. The van der Waals surface area contributed by atoms with Crippen molar-refractivity contribution in [3.05, 3.63) is 47.8 Å². The molecule has 30 heavy (non-hydrogen) atoms. The number of ether oxygens (including phenoxy) is 3. The molecule has 3 rings (SSSR count). The molecule has 8 heteroatoms. The van der Waals surface area contributed by atoms with Gasteiger partial charge in [0.05, 0.1) is 26.9 Å². The van der Waals surface area contributed by atoms with Crippen molar-refractivity contribution in [3.8, 4) is 17.2 Å². The third kappa shape index (κ3) is 4.94. The summed E-state index contributed by atoms with van der Waals surface area (Å²) in [4.78, 5) is 17.2. The van der Waals surface area contributed by atoms with Gasteiger partial charge in [0.15, 0.2) is 11.5 Å². The number of halogens is 1. The lowest BCUT2D eigenvalue weighted by Crippen LogP contribution is -2.48. The number of hydrogen-bond donors (Lipinski definition) is 1. The molecule has 1 saturated heterocycles. The Kier molecular flexibility index (Phi) is 7.35.